The number of amides is 1. The second kappa shape index (κ2) is 7.60. The molecule has 0 bridgehead atoms. The quantitative estimate of drug-likeness (QED) is 0.919. The van der Waals surface area contributed by atoms with Crippen LogP contribution in [0.4, 0.5) is 5.69 Å². The first-order chi connectivity index (χ1) is 11.7. The molecule has 2 aromatic rings. The van der Waals surface area contributed by atoms with Crippen LogP contribution in [0, 0.1) is 0 Å². The average molecular weight is 323 g/mol. The van der Waals surface area contributed by atoms with Crippen LogP contribution in [0.5, 0.6) is 0 Å². The molecule has 1 fully saturated rings. The standard InChI is InChI=1S/C20H25N3O/c1-2-23(17-11-7-4-8-12-17)20(24)15-22-13-18(19(21)14-22)16-9-5-3-6-10-16/h3-12,18-19H,2,13-15,21H2,1H3/t18-,19+/m0/s1. The third-order valence-electron chi connectivity index (χ3n) is 4.71. The molecule has 4 heteroatoms. The van der Waals surface area contributed by atoms with Gasteiger partial charge in [-0.25, -0.2) is 0 Å². The highest BCUT2D eigenvalue weighted by Gasteiger charge is 2.32. The summed E-state index contributed by atoms with van der Waals surface area (Å²) in [6.07, 6.45) is 0. The summed E-state index contributed by atoms with van der Waals surface area (Å²) in [6.45, 7) is 4.69. The Hall–Kier alpha value is -2.17. The Kier molecular flexibility index (Phi) is 5.28. The van der Waals surface area contributed by atoms with E-state index in [2.05, 4.69) is 17.0 Å². The molecule has 2 aromatic carbocycles. The Labute approximate surface area is 143 Å². The number of carbonyl (C=O) groups excluding carboxylic acids is 1. The first-order valence-corrected chi connectivity index (χ1v) is 8.57. The average Bonchev–Trinajstić information content (AvgIpc) is 2.97. The SMILES string of the molecule is CCN(C(=O)CN1C[C@@H](N)[C@H](c2ccccc2)C1)c1ccccc1. The predicted octanol–water partition coefficient (Wildman–Crippen LogP) is 2.47. The molecule has 2 atom stereocenters. The smallest absolute Gasteiger partial charge is 0.241 e. The van der Waals surface area contributed by atoms with Crippen molar-refractivity contribution in [3.8, 4) is 0 Å². The van der Waals surface area contributed by atoms with Crippen LogP contribution in [-0.2, 0) is 4.79 Å². The molecule has 1 aliphatic heterocycles. The summed E-state index contributed by atoms with van der Waals surface area (Å²) in [5.74, 6) is 0.426. The number of nitrogens with zero attached hydrogens (tertiary/aromatic N) is 2. The van der Waals surface area contributed by atoms with Gasteiger partial charge in [-0.05, 0) is 24.6 Å². The number of hydrogen-bond acceptors (Lipinski definition) is 3. The number of rotatable bonds is 5. The molecule has 2 N–H and O–H groups in total. The van der Waals surface area contributed by atoms with E-state index in [4.69, 9.17) is 5.73 Å². The number of likely N-dealkylation sites (N-methyl/N-ethyl adjacent to an activating group) is 1. The Morgan fingerprint density at radius 1 is 1.08 bits per heavy atom. The maximum absolute atomic E-state index is 12.7. The van der Waals surface area contributed by atoms with Crippen LogP contribution in [0.15, 0.2) is 60.7 Å². The van der Waals surface area contributed by atoms with Crippen molar-refractivity contribution in [2.45, 2.75) is 18.9 Å². The molecule has 1 heterocycles. The molecule has 1 amide bonds. The minimum atomic E-state index is 0.0759. The fourth-order valence-electron chi connectivity index (χ4n) is 3.48. The number of nitrogens with two attached hydrogens (primary N) is 1. The van der Waals surface area contributed by atoms with Crippen molar-refractivity contribution in [2.24, 2.45) is 5.73 Å². The topological polar surface area (TPSA) is 49.6 Å². The van der Waals surface area contributed by atoms with Gasteiger partial charge in [-0.15, -0.1) is 0 Å². The van der Waals surface area contributed by atoms with Crippen LogP contribution in [0.2, 0.25) is 0 Å². The molecule has 0 radical (unpaired) electrons. The van der Waals surface area contributed by atoms with Crippen LogP contribution < -0.4 is 10.6 Å². The molecule has 1 saturated heterocycles. The van der Waals surface area contributed by atoms with Gasteiger partial charge >= 0.3 is 0 Å². The normalized spacial score (nSPS) is 20.9. The molecule has 0 saturated carbocycles. The Balaban J connectivity index is 1.65. The van der Waals surface area contributed by atoms with Gasteiger partial charge in [0.05, 0.1) is 6.54 Å². The van der Waals surface area contributed by atoms with Crippen molar-refractivity contribution in [2.75, 3.05) is 31.1 Å². The summed E-state index contributed by atoms with van der Waals surface area (Å²) < 4.78 is 0. The lowest BCUT2D eigenvalue weighted by Crippen LogP contribution is -2.40. The highest BCUT2D eigenvalue weighted by atomic mass is 16.2. The van der Waals surface area contributed by atoms with Gasteiger partial charge in [0.1, 0.15) is 0 Å². The van der Waals surface area contributed by atoms with Gasteiger partial charge in [0.2, 0.25) is 5.91 Å². The second-order valence-corrected chi connectivity index (χ2v) is 6.35. The lowest BCUT2D eigenvalue weighted by Gasteiger charge is -2.24. The number of hydrogen-bond donors (Lipinski definition) is 1. The second-order valence-electron chi connectivity index (χ2n) is 6.35. The maximum Gasteiger partial charge on any atom is 0.241 e. The Morgan fingerprint density at radius 3 is 2.33 bits per heavy atom. The van der Waals surface area contributed by atoms with Crippen LogP contribution in [0.25, 0.3) is 0 Å². The molecule has 1 aliphatic rings. The first-order valence-electron chi connectivity index (χ1n) is 8.57. The molecule has 3 rings (SSSR count). The minimum absolute atomic E-state index is 0.0759. The highest BCUT2D eigenvalue weighted by Crippen LogP contribution is 2.26. The van der Waals surface area contributed by atoms with Gasteiger partial charge in [-0.2, -0.15) is 0 Å². The molecule has 24 heavy (non-hydrogen) atoms. The molecule has 0 spiro atoms. The zero-order valence-electron chi connectivity index (χ0n) is 14.1. The number of benzene rings is 2. The van der Waals surface area contributed by atoms with Gasteiger partial charge in [0.25, 0.3) is 0 Å². The van der Waals surface area contributed by atoms with Crippen molar-refractivity contribution in [1.29, 1.82) is 0 Å². The Bertz CT molecular complexity index is 659. The number of likely N-dealkylation sites (tertiary alicyclic amines) is 1. The maximum atomic E-state index is 12.7. The van der Waals surface area contributed by atoms with Crippen LogP contribution >= 0.6 is 0 Å². The third-order valence-corrected chi connectivity index (χ3v) is 4.71. The number of anilines is 1. The fourth-order valence-corrected chi connectivity index (χ4v) is 3.48. The van der Waals surface area contributed by atoms with Crippen LogP contribution in [0.1, 0.15) is 18.4 Å². The van der Waals surface area contributed by atoms with Crippen molar-refractivity contribution < 1.29 is 4.79 Å². The predicted molar refractivity (Wildman–Crippen MR) is 98.1 cm³/mol. The molecule has 0 unspecified atom stereocenters. The van der Waals surface area contributed by atoms with Crippen molar-refractivity contribution in [1.82, 2.24) is 4.90 Å². The van der Waals surface area contributed by atoms with Gasteiger partial charge in [-0.3, -0.25) is 9.69 Å². The number of carbonyl (C=O) groups is 1. The minimum Gasteiger partial charge on any atom is -0.326 e. The van der Waals surface area contributed by atoms with Crippen LogP contribution in [-0.4, -0.2) is 43.0 Å². The van der Waals surface area contributed by atoms with E-state index in [1.54, 1.807) is 0 Å². The van der Waals surface area contributed by atoms with E-state index in [9.17, 15) is 4.79 Å². The summed E-state index contributed by atoms with van der Waals surface area (Å²) in [5.41, 5.74) is 8.54. The zero-order chi connectivity index (χ0) is 16.9. The van der Waals surface area contributed by atoms with Gasteiger partial charge in [0.15, 0.2) is 0 Å². The first kappa shape index (κ1) is 16.7. The summed E-state index contributed by atoms with van der Waals surface area (Å²) in [5, 5.41) is 0. The molecule has 0 aromatic heterocycles. The highest BCUT2D eigenvalue weighted by molar-refractivity contribution is 5.94. The summed E-state index contributed by atoms with van der Waals surface area (Å²) in [4.78, 5) is 16.7. The fraction of sp³-hybridized carbons (Fsp3) is 0.350. The van der Waals surface area contributed by atoms with E-state index in [-0.39, 0.29) is 11.9 Å². The number of para-hydroxylation sites is 1. The lowest BCUT2D eigenvalue weighted by molar-refractivity contribution is -0.119. The van der Waals surface area contributed by atoms with Crippen LogP contribution in [0.3, 0.4) is 0 Å². The molecule has 126 valence electrons. The van der Waals surface area contributed by atoms with E-state index in [0.29, 0.717) is 19.0 Å². The molecular formula is C20H25N3O. The van der Waals surface area contributed by atoms with E-state index in [0.717, 1.165) is 18.8 Å². The molecule has 0 aliphatic carbocycles. The largest absolute Gasteiger partial charge is 0.326 e. The summed E-state index contributed by atoms with van der Waals surface area (Å²) in [6, 6.07) is 20.3. The monoisotopic (exact) mass is 323 g/mol. The van der Waals surface area contributed by atoms with E-state index < -0.39 is 0 Å². The van der Waals surface area contributed by atoms with Crippen molar-refractivity contribution in [3.63, 3.8) is 0 Å². The Morgan fingerprint density at radius 2 is 1.71 bits per heavy atom. The van der Waals surface area contributed by atoms with E-state index in [1.807, 2.05) is 60.4 Å². The van der Waals surface area contributed by atoms with Gasteiger partial charge in [-0.1, -0.05) is 48.5 Å². The van der Waals surface area contributed by atoms with E-state index >= 15 is 0 Å². The van der Waals surface area contributed by atoms with Gasteiger partial charge < -0.3 is 10.6 Å². The van der Waals surface area contributed by atoms with Crippen molar-refractivity contribution >= 4 is 11.6 Å². The summed E-state index contributed by atoms with van der Waals surface area (Å²) >= 11 is 0. The van der Waals surface area contributed by atoms with E-state index in [1.165, 1.54) is 5.56 Å². The third kappa shape index (κ3) is 3.66. The zero-order valence-corrected chi connectivity index (χ0v) is 14.1. The summed E-state index contributed by atoms with van der Waals surface area (Å²) in [7, 11) is 0. The lowest BCUT2D eigenvalue weighted by atomic mass is 9.95. The molecular weight excluding hydrogens is 298 g/mol. The van der Waals surface area contributed by atoms with Gasteiger partial charge in [0, 0.05) is 37.3 Å². The van der Waals surface area contributed by atoms with Crippen molar-refractivity contribution in [3.05, 3.63) is 66.2 Å². The molecule has 4 nitrogen and oxygen atoms in total.